The largest absolute Gasteiger partial charge is 0.497 e. The summed E-state index contributed by atoms with van der Waals surface area (Å²) in [7, 11) is 1.63. The molecule has 2 N–H and O–H groups in total. The SMILES string of the molecule is CCc1cc(Nc2ccc(C(=O)O)cc2)nc(-c2ccc(OC)cc2)n1. The van der Waals surface area contributed by atoms with E-state index in [1.807, 2.05) is 37.3 Å². The number of anilines is 2. The lowest BCUT2D eigenvalue weighted by Gasteiger charge is -2.10. The van der Waals surface area contributed by atoms with Crippen LogP contribution in [-0.4, -0.2) is 28.2 Å². The number of benzene rings is 2. The molecule has 1 aromatic heterocycles. The minimum Gasteiger partial charge on any atom is -0.497 e. The summed E-state index contributed by atoms with van der Waals surface area (Å²) in [6.07, 6.45) is 0.776. The van der Waals surface area contributed by atoms with Crippen molar-refractivity contribution in [1.29, 1.82) is 0 Å². The summed E-state index contributed by atoms with van der Waals surface area (Å²) in [6.45, 7) is 2.03. The molecule has 6 heteroatoms. The van der Waals surface area contributed by atoms with Crippen molar-refractivity contribution in [1.82, 2.24) is 9.97 Å². The van der Waals surface area contributed by atoms with E-state index >= 15 is 0 Å². The van der Waals surface area contributed by atoms with Gasteiger partial charge in [0.15, 0.2) is 5.82 Å². The Bertz CT molecular complexity index is 907. The van der Waals surface area contributed by atoms with Crippen LogP contribution < -0.4 is 10.1 Å². The molecule has 3 aromatic rings. The van der Waals surface area contributed by atoms with Crippen molar-refractivity contribution in [2.24, 2.45) is 0 Å². The first kappa shape index (κ1) is 17.4. The molecule has 132 valence electrons. The molecule has 0 aliphatic heterocycles. The lowest BCUT2D eigenvalue weighted by Crippen LogP contribution is -2.01. The van der Waals surface area contributed by atoms with Crippen LogP contribution in [-0.2, 0) is 6.42 Å². The highest BCUT2D eigenvalue weighted by Gasteiger charge is 2.08. The molecule has 0 amide bonds. The van der Waals surface area contributed by atoms with Gasteiger partial charge in [-0.2, -0.15) is 0 Å². The van der Waals surface area contributed by atoms with E-state index in [1.165, 1.54) is 0 Å². The van der Waals surface area contributed by atoms with Gasteiger partial charge < -0.3 is 15.2 Å². The number of aryl methyl sites for hydroxylation is 1. The van der Waals surface area contributed by atoms with Crippen LogP contribution in [0.2, 0.25) is 0 Å². The number of nitrogens with one attached hydrogen (secondary N) is 1. The smallest absolute Gasteiger partial charge is 0.335 e. The molecule has 6 nitrogen and oxygen atoms in total. The summed E-state index contributed by atoms with van der Waals surface area (Å²) < 4.78 is 5.18. The van der Waals surface area contributed by atoms with Crippen LogP contribution in [0, 0.1) is 0 Å². The van der Waals surface area contributed by atoms with Gasteiger partial charge in [-0.3, -0.25) is 0 Å². The van der Waals surface area contributed by atoms with Crippen LogP contribution in [0.5, 0.6) is 5.75 Å². The normalized spacial score (nSPS) is 10.4. The number of carboxylic acids is 1. The van der Waals surface area contributed by atoms with Crippen LogP contribution in [0.4, 0.5) is 11.5 Å². The number of methoxy groups -OCH3 is 1. The second-order valence-corrected chi connectivity index (χ2v) is 5.66. The summed E-state index contributed by atoms with van der Waals surface area (Å²) in [5, 5.41) is 12.2. The molecule has 3 rings (SSSR count). The quantitative estimate of drug-likeness (QED) is 0.695. The highest BCUT2D eigenvalue weighted by Crippen LogP contribution is 2.23. The fourth-order valence-corrected chi connectivity index (χ4v) is 2.46. The fourth-order valence-electron chi connectivity index (χ4n) is 2.46. The van der Waals surface area contributed by atoms with E-state index in [0.717, 1.165) is 29.1 Å². The Morgan fingerprint density at radius 2 is 1.77 bits per heavy atom. The van der Waals surface area contributed by atoms with Crippen LogP contribution in [0.15, 0.2) is 54.6 Å². The number of aromatic nitrogens is 2. The first-order valence-corrected chi connectivity index (χ1v) is 8.22. The number of nitrogens with zero attached hydrogens (tertiary/aromatic N) is 2. The summed E-state index contributed by atoms with van der Waals surface area (Å²) in [5.41, 5.74) is 2.81. The monoisotopic (exact) mass is 349 g/mol. The summed E-state index contributed by atoms with van der Waals surface area (Å²) in [6, 6.07) is 16.0. The molecule has 0 saturated heterocycles. The molecular weight excluding hydrogens is 330 g/mol. The third-order valence-electron chi connectivity index (χ3n) is 3.89. The van der Waals surface area contributed by atoms with Gasteiger partial charge in [-0.1, -0.05) is 6.92 Å². The van der Waals surface area contributed by atoms with Crippen molar-refractivity contribution in [2.75, 3.05) is 12.4 Å². The summed E-state index contributed by atoms with van der Waals surface area (Å²) >= 11 is 0. The van der Waals surface area contributed by atoms with Crippen LogP contribution in [0.25, 0.3) is 11.4 Å². The van der Waals surface area contributed by atoms with Crippen LogP contribution in [0.3, 0.4) is 0 Å². The van der Waals surface area contributed by atoms with Gasteiger partial charge in [-0.15, -0.1) is 0 Å². The zero-order chi connectivity index (χ0) is 18.5. The fraction of sp³-hybridized carbons (Fsp3) is 0.150. The van der Waals surface area contributed by atoms with E-state index in [9.17, 15) is 4.79 Å². The van der Waals surface area contributed by atoms with E-state index in [2.05, 4.69) is 15.3 Å². The standard InChI is InChI=1S/C20H19N3O3/c1-3-15-12-18(21-16-8-4-14(5-9-16)20(24)25)23-19(22-15)13-6-10-17(26-2)11-7-13/h4-12H,3H2,1-2H3,(H,24,25)(H,21,22,23). The highest BCUT2D eigenvalue weighted by molar-refractivity contribution is 5.88. The predicted octanol–water partition coefficient (Wildman–Crippen LogP) is 4.16. The molecule has 0 aliphatic carbocycles. The minimum absolute atomic E-state index is 0.242. The zero-order valence-electron chi connectivity index (χ0n) is 14.6. The number of ether oxygens (including phenoxy) is 1. The van der Waals surface area contributed by atoms with E-state index in [1.54, 1.807) is 31.4 Å². The molecule has 1 heterocycles. The number of carboxylic acid groups (broad SMARTS) is 1. The average molecular weight is 349 g/mol. The molecule has 26 heavy (non-hydrogen) atoms. The van der Waals surface area contributed by atoms with Crippen LogP contribution in [0.1, 0.15) is 23.0 Å². The van der Waals surface area contributed by atoms with Crippen LogP contribution >= 0.6 is 0 Å². The van der Waals surface area contributed by atoms with E-state index in [-0.39, 0.29) is 5.56 Å². The Morgan fingerprint density at radius 1 is 1.08 bits per heavy atom. The van der Waals surface area contributed by atoms with Gasteiger partial charge in [-0.25, -0.2) is 14.8 Å². The molecule has 0 spiro atoms. The number of aromatic carboxylic acids is 1. The summed E-state index contributed by atoms with van der Waals surface area (Å²) in [5.74, 6) is 1.10. The molecule has 0 aliphatic rings. The van der Waals surface area contributed by atoms with Crippen molar-refractivity contribution in [3.05, 3.63) is 65.9 Å². The Kier molecular flexibility index (Phi) is 5.12. The van der Waals surface area contributed by atoms with Gasteiger partial charge in [0.2, 0.25) is 0 Å². The highest BCUT2D eigenvalue weighted by atomic mass is 16.5. The third kappa shape index (κ3) is 3.97. The van der Waals surface area contributed by atoms with E-state index < -0.39 is 5.97 Å². The number of carbonyl (C=O) groups is 1. The van der Waals surface area contributed by atoms with Gasteiger partial charge in [-0.05, 0) is 55.0 Å². The zero-order valence-corrected chi connectivity index (χ0v) is 14.6. The Hall–Kier alpha value is -3.41. The first-order valence-electron chi connectivity index (χ1n) is 8.22. The van der Waals surface area contributed by atoms with Gasteiger partial charge in [0.05, 0.1) is 12.7 Å². The molecule has 0 radical (unpaired) electrons. The first-order chi connectivity index (χ1) is 12.6. The molecule has 0 atom stereocenters. The Balaban J connectivity index is 1.90. The van der Waals surface area contributed by atoms with Crippen molar-refractivity contribution in [3.8, 4) is 17.1 Å². The molecule has 0 bridgehead atoms. The number of hydrogen-bond acceptors (Lipinski definition) is 5. The average Bonchev–Trinajstić information content (AvgIpc) is 2.68. The summed E-state index contributed by atoms with van der Waals surface area (Å²) in [4.78, 5) is 20.1. The molecular formula is C20H19N3O3. The number of hydrogen-bond donors (Lipinski definition) is 2. The van der Waals surface area contributed by atoms with E-state index in [4.69, 9.17) is 9.84 Å². The Labute approximate surface area is 151 Å². The predicted molar refractivity (Wildman–Crippen MR) is 100 cm³/mol. The maximum atomic E-state index is 11.0. The minimum atomic E-state index is -0.950. The van der Waals surface area contributed by atoms with Gasteiger partial charge in [0, 0.05) is 23.0 Å². The maximum Gasteiger partial charge on any atom is 0.335 e. The molecule has 0 saturated carbocycles. The van der Waals surface area contributed by atoms with Crippen molar-refractivity contribution >= 4 is 17.5 Å². The molecule has 2 aromatic carbocycles. The number of rotatable bonds is 6. The maximum absolute atomic E-state index is 11.0. The second-order valence-electron chi connectivity index (χ2n) is 5.66. The molecule has 0 fully saturated rings. The second kappa shape index (κ2) is 7.65. The lowest BCUT2D eigenvalue weighted by molar-refractivity contribution is 0.0697. The Morgan fingerprint density at radius 3 is 2.35 bits per heavy atom. The van der Waals surface area contributed by atoms with E-state index in [0.29, 0.717) is 11.6 Å². The van der Waals surface area contributed by atoms with Crippen molar-refractivity contribution in [3.63, 3.8) is 0 Å². The molecule has 0 unspecified atom stereocenters. The van der Waals surface area contributed by atoms with Gasteiger partial charge in [0.1, 0.15) is 11.6 Å². The lowest BCUT2D eigenvalue weighted by atomic mass is 10.2. The van der Waals surface area contributed by atoms with Crippen molar-refractivity contribution < 1.29 is 14.6 Å². The van der Waals surface area contributed by atoms with Gasteiger partial charge in [0.25, 0.3) is 0 Å². The topological polar surface area (TPSA) is 84.3 Å². The third-order valence-corrected chi connectivity index (χ3v) is 3.89. The van der Waals surface area contributed by atoms with Gasteiger partial charge >= 0.3 is 5.97 Å². The van der Waals surface area contributed by atoms with Crippen molar-refractivity contribution in [2.45, 2.75) is 13.3 Å².